The Bertz CT molecular complexity index is 1120. The Balaban J connectivity index is 0.000000430. The lowest BCUT2D eigenvalue weighted by Gasteiger charge is -2.38. The number of nitrogens with zero attached hydrogens (tertiary/aromatic N) is 1. The van der Waals surface area contributed by atoms with Gasteiger partial charge in [-0.25, -0.2) is 0 Å². The predicted octanol–water partition coefficient (Wildman–Crippen LogP) is 18.8. The minimum absolute atomic E-state index is 0.203. The van der Waals surface area contributed by atoms with Crippen LogP contribution in [0.2, 0.25) is 0 Å². The molecule has 1 aromatic carbocycles. The maximum absolute atomic E-state index is 6.38. The van der Waals surface area contributed by atoms with Crippen LogP contribution in [-0.4, -0.2) is 30.9 Å². The highest BCUT2D eigenvalue weighted by molar-refractivity contribution is 5.18. The van der Waals surface area contributed by atoms with Crippen molar-refractivity contribution in [3.8, 4) is 0 Å². The smallest absolute Gasteiger partial charge is 0.102 e. The van der Waals surface area contributed by atoms with E-state index in [9.17, 15) is 0 Å². The summed E-state index contributed by atoms with van der Waals surface area (Å²) in [4.78, 5) is 4.51. The molecule has 0 radical (unpaired) electrons. The van der Waals surface area contributed by atoms with E-state index >= 15 is 0 Å². The van der Waals surface area contributed by atoms with Gasteiger partial charge < -0.3 is 14.2 Å². The zero-order chi connectivity index (χ0) is 46.5. The molecule has 63 heavy (non-hydrogen) atoms. The fourth-order valence-corrected chi connectivity index (χ4v) is 9.51. The lowest BCUT2D eigenvalue weighted by atomic mass is 9.75. The molecular formula is C59H107NO3. The highest BCUT2D eigenvalue weighted by atomic mass is 16.5. The van der Waals surface area contributed by atoms with Crippen molar-refractivity contribution in [2.45, 2.75) is 249 Å². The number of pyridine rings is 1. The number of hydrogen-bond donors (Lipinski definition) is 0. The van der Waals surface area contributed by atoms with Crippen LogP contribution in [0.5, 0.6) is 0 Å². The molecule has 0 spiro atoms. The maximum Gasteiger partial charge on any atom is 0.102 e. The van der Waals surface area contributed by atoms with Crippen LogP contribution < -0.4 is 0 Å². The van der Waals surface area contributed by atoms with Crippen LogP contribution in [0.15, 0.2) is 54.7 Å². The van der Waals surface area contributed by atoms with Crippen molar-refractivity contribution in [2.75, 3.05) is 19.8 Å². The highest BCUT2D eigenvalue weighted by Crippen LogP contribution is 2.39. The second kappa shape index (κ2) is 39.4. The van der Waals surface area contributed by atoms with Gasteiger partial charge in [-0.1, -0.05) is 216 Å². The molecule has 2 atom stereocenters. The van der Waals surface area contributed by atoms with E-state index in [1.54, 1.807) is 0 Å². The molecule has 4 aliphatic carbocycles. The average molecular weight is 879 g/mol. The lowest BCUT2D eigenvalue weighted by Crippen LogP contribution is -2.35. The van der Waals surface area contributed by atoms with Gasteiger partial charge in [-0.15, -0.1) is 0 Å². The molecule has 0 saturated heterocycles. The summed E-state index contributed by atoms with van der Waals surface area (Å²) in [5.74, 6) is 5.01. The van der Waals surface area contributed by atoms with Crippen molar-refractivity contribution in [1.82, 2.24) is 4.98 Å². The first-order valence-corrected chi connectivity index (χ1v) is 27.4. The van der Waals surface area contributed by atoms with Gasteiger partial charge in [-0.05, 0) is 110 Å². The SMILES string of the molecule is CC(C)COC(C1CCCCC1)C1CCCCC1.CC(C)COC(c1ccccc1)C1CCCCC1.CC(C)COC(c1ccccn1)C1CCCCC1.CCC.CCC.CCC. The monoisotopic (exact) mass is 878 g/mol. The van der Waals surface area contributed by atoms with E-state index in [1.165, 1.54) is 153 Å². The molecule has 4 saturated carbocycles. The van der Waals surface area contributed by atoms with Gasteiger partial charge >= 0.3 is 0 Å². The number of hydrogen-bond acceptors (Lipinski definition) is 4. The van der Waals surface area contributed by atoms with Crippen LogP contribution in [0.4, 0.5) is 0 Å². The summed E-state index contributed by atoms with van der Waals surface area (Å²) in [6, 6.07) is 16.9. The average Bonchev–Trinajstić information content (AvgIpc) is 3.30. The van der Waals surface area contributed by atoms with E-state index in [0.29, 0.717) is 35.9 Å². The Morgan fingerprint density at radius 2 is 0.746 bits per heavy atom. The van der Waals surface area contributed by atoms with Gasteiger partial charge in [0.25, 0.3) is 0 Å². The number of ether oxygens (including phenoxy) is 3. The zero-order valence-electron chi connectivity index (χ0n) is 44.0. The third-order valence-electron chi connectivity index (χ3n) is 12.3. The van der Waals surface area contributed by atoms with Crippen molar-refractivity contribution in [3.05, 3.63) is 66.0 Å². The van der Waals surface area contributed by atoms with Crippen molar-refractivity contribution in [1.29, 1.82) is 0 Å². The minimum atomic E-state index is 0.203. The summed E-state index contributed by atoms with van der Waals surface area (Å²) in [7, 11) is 0. The summed E-state index contributed by atoms with van der Waals surface area (Å²) >= 11 is 0. The van der Waals surface area contributed by atoms with Crippen LogP contribution >= 0.6 is 0 Å². The first-order chi connectivity index (χ1) is 30.6. The molecule has 4 nitrogen and oxygen atoms in total. The summed E-state index contributed by atoms with van der Waals surface area (Å²) in [5.41, 5.74) is 2.48. The largest absolute Gasteiger partial charge is 0.377 e. The van der Waals surface area contributed by atoms with Crippen molar-refractivity contribution in [2.24, 2.45) is 41.4 Å². The molecule has 1 aromatic heterocycles. The number of rotatable bonds is 15. The van der Waals surface area contributed by atoms with E-state index in [-0.39, 0.29) is 6.10 Å². The second-order valence-corrected chi connectivity index (χ2v) is 20.9. The summed E-state index contributed by atoms with van der Waals surface area (Å²) in [5, 5.41) is 0. The summed E-state index contributed by atoms with van der Waals surface area (Å²) in [6.45, 7) is 28.8. The van der Waals surface area contributed by atoms with Crippen molar-refractivity contribution >= 4 is 0 Å². The third kappa shape index (κ3) is 28.1. The number of aromatic nitrogens is 1. The molecule has 0 amide bonds. The normalized spacial score (nSPS) is 18.6. The quantitative estimate of drug-likeness (QED) is 0.179. The van der Waals surface area contributed by atoms with E-state index in [4.69, 9.17) is 14.2 Å². The van der Waals surface area contributed by atoms with Gasteiger partial charge in [0.2, 0.25) is 0 Å². The Hall–Kier alpha value is -1.75. The van der Waals surface area contributed by atoms with Crippen molar-refractivity contribution in [3.63, 3.8) is 0 Å². The van der Waals surface area contributed by atoms with Crippen molar-refractivity contribution < 1.29 is 14.2 Å². The molecule has 0 aliphatic heterocycles. The van der Waals surface area contributed by atoms with E-state index in [0.717, 1.165) is 43.3 Å². The predicted molar refractivity (Wildman–Crippen MR) is 277 cm³/mol. The highest BCUT2D eigenvalue weighted by Gasteiger charge is 2.32. The van der Waals surface area contributed by atoms with Gasteiger partial charge in [0, 0.05) is 26.0 Å². The lowest BCUT2D eigenvalue weighted by molar-refractivity contribution is -0.0558. The van der Waals surface area contributed by atoms with Crippen LogP contribution in [0.3, 0.4) is 0 Å². The van der Waals surface area contributed by atoms with Gasteiger partial charge in [-0.2, -0.15) is 0 Å². The van der Waals surface area contributed by atoms with E-state index in [1.807, 2.05) is 12.3 Å². The van der Waals surface area contributed by atoms with Gasteiger partial charge in [0.05, 0.1) is 17.9 Å². The Labute approximate surface area is 394 Å². The van der Waals surface area contributed by atoms with Crippen LogP contribution in [0, 0.1) is 41.4 Å². The Morgan fingerprint density at radius 1 is 0.413 bits per heavy atom. The topological polar surface area (TPSA) is 40.6 Å². The molecule has 1 heterocycles. The molecule has 0 N–H and O–H groups in total. The molecule has 4 aliphatic rings. The van der Waals surface area contributed by atoms with E-state index < -0.39 is 0 Å². The molecule has 2 aromatic rings. The minimum Gasteiger partial charge on any atom is -0.377 e. The fraction of sp³-hybridized carbons (Fsp3) is 0.814. The van der Waals surface area contributed by atoms with Gasteiger partial charge in [-0.3, -0.25) is 4.98 Å². The first-order valence-electron chi connectivity index (χ1n) is 27.4. The molecular weight excluding hydrogens is 771 g/mol. The zero-order valence-corrected chi connectivity index (χ0v) is 44.0. The van der Waals surface area contributed by atoms with E-state index in [2.05, 4.69) is 131 Å². The molecule has 2 unspecified atom stereocenters. The summed E-state index contributed by atoms with van der Waals surface area (Å²) in [6.07, 6.45) is 34.6. The Morgan fingerprint density at radius 3 is 1.11 bits per heavy atom. The molecule has 6 rings (SSSR count). The number of benzene rings is 1. The molecule has 4 fully saturated rings. The van der Waals surface area contributed by atoms with Gasteiger partial charge in [0.1, 0.15) is 6.10 Å². The van der Waals surface area contributed by atoms with Crippen LogP contribution in [-0.2, 0) is 14.2 Å². The summed E-state index contributed by atoms with van der Waals surface area (Å²) < 4.78 is 18.8. The molecule has 0 bridgehead atoms. The third-order valence-corrected chi connectivity index (χ3v) is 12.3. The fourth-order valence-electron chi connectivity index (χ4n) is 9.51. The van der Waals surface area contributed by atoms with Crippen LogP contribution in [0.1, 0.15) is 254 Å². The first kappa shape index (κ1) is 59.3. The Kier molecular flexibility index (Phi) is 37.1. The second-order valence-electron chi connectivity index (χ2n) is 20.9. The van der Waals surface area contributed by atoms with Gasteiger partial charge in [0.15, 0.2) is 0 Å². The van der Waals surface area contributed by atoms with Crippen LogP contribution in [0.25, 0.3) is 0 Å². The maximum atomic E-state index is 6.38. The molecule has 4 heteroatoms. The molecule has 366 valence electrons. The standard InChI is InChI=1S/C17H32O.C17H26O.C16H25NO.3C3H8/c2*1-14(2)13-18-17(15-9-5-3-6-10-15)16-11-7-4-8-12-16;1-13(2)12-18-16(14-8-4-3-5-9-14)15-10-6-7-11-17-15;3*1-3-2/h14-17H,3-13H2,1-2H3;3,5-6,9-10,14,16-17H,4,7-8,11-13H2,1-2H3;6-7,10-11,13-14,16H,3-5,8-9,12H2,1-2H3;3*3H2,1-2H3.